The van der Waals surface area contributed by atoms with E-state index >= 15 is 0 Å². The summed E-state index contributed by atoms with van der Waals surface area (Å²) in [6.45, 7) is 4.99. The van der Waals surface area contributed by atoms with E-state index in [2.05, 4.69) is 35.2 Å². The van der Waals surface area contributed by atoms with Crippen LogP contribution in [0.3, 0.4) is 0 Å². The van der Waals surface area contributed by atoms with Crippen molar-refractivity contribution in [3.05, 3.63) is 35.9 Å². The van der Waals surface area contributed by atoms with Gasteiger partial charge >= 0.3 is 0 Å². The first-order chi connectivity index (χ1) is 12.7. The van der Waals surface area contributed by atoms with Crippen molar-refractivity contribution in [3.63, 3.8) is 0 Å². The Morgan fingerprint density at radius 2 is 1.88 bits per heavy atom. The molecule has 3 rings (SSSR count). The minimum absolute atomic E-state index is 0.199. The number of amides is 1. The van der Waals surface area contributed by atoms with E-state index < -0.39 is 0 Å². The van der Waals surface area contributed by atoms with Crippen LogP contribution in [0.5, 0.6) is 0 Å². The van der Waals surface area contributed by atoms with Crippen LogP contribution in [0.1, 0.15) is 31.2 Å². The third-order valence-corrected chi connectivity index (χ3v) is 6.99. The average Bonchev–Trinajstić information content (AvgIpc) is 2.69. The van der Waals surface area contributed by atoms with Crippen LogP contribution >= 0.6 is 11.8 Å². The third kappa shape index (κ3) is 4.62. The van der Waals surface area contributed by atoms with Gasteiger partial charge in [-0.05, 0) is 49.6 Å². The van der Waals surface area contributed by atoms with Crippen LogP contribution in [0.4, 0.5) is 0 Å². The van der Waals surface area contributed by atoms with Crippen molar-refractivity contribution in [1.82, 2.24) is 9.80 Å². The van der Waals surface area contributed by atoms with E-state index in [1.165, 1.54) is 5.56 Å². The minimum Gasteiger partial charge on any atom is -0.396 e. The molecule has 2 saturated heterocycles. The predicted molar refractivity (Wildman–Crippen MR) is 108 cm³/mol. The number of carbonyl (C=O) groups is 1. The van der Waals surface area contributed by atoms with Gasteiger partial charge in [-0.2, -0.15) is 11.8 Å². The predicted octanol–water partition coefficient (Wildman–Crippen LogP) is 2.86. The summed E-state index contributed by atoms with van der Waals surface area (Å²) in [6, 6.07) is 10.7. The molecule has 26 heavy (non-hydrogen) atoms. The monoisotopic (exact) mass is 376 g/mol. The Bertz CT molecular complexity index is 573. The first-order valence-electron chi connectivity index (χ1n) is 9.81. The van der Waals surface area contributed by atoms with Crippen LogP contribution in [0, 0.1) is 11.3 Å². The number of aliphatic hydroxyl groups excluding tert-OH is 1. The minimum atomic E-state index is 0.199. The van der Waals surface area contributed by atoms with E-state index in [0.717, 1.165) is 57.7 Å². The summed E-state index contributed by atoms with van der Waals surface area (Å²) >= 11 is 1.72. The van der Waals surface area contributed by atoms with Gasteiger partial charge in [0.1, 0.15) is 0 Å². The normalized spacial score (nSPS) is 23.3. The molecule has 2 aliphatic heterocycles. The van der Waals surface area contributed by atoms with Gasteiger partial charge in [0.25, 0.3) is 0 Å². The maximum absolute atomic E-state index is 12.4. The number of hydrogen-bond donors (Lipinski definition) is 1. The van der Waals surface area contributed by atoms with Gasteiger partial charge in [0.15, 0.2) is 0 Å². The van der Waals surface area contributed by atoms with Gasteiger partial charge in [0.2, 0.25) is 5.91 Å². The fraction of sp³-hybridized carbons (Fsp3) is 0.667. The van der Waals surface area contributed by atoms with E-state index in [9.17, 15) is 9.90 Å². The summed E-state index contributed by atoms with van der Waals surface area (Å²) in [6.07, 6.45) is 5.98. The maximum atomic E-state index is 12.4. The van der Waals surface area contributed by atoms with E-state index in [1.807, 2.05) is 11.2 Å². The molecule has 2 fully saturated rings. The number of piperidine rings is 2. The van der Waals surface area contributed by atoms with Crippen molar-refractivity contribution in [2.24, 2.45) is 11.3 Å². The fourth-order valence-corrected chi connectivity index (χ4v) is 4.97. The molecular formula is C21H32N2O2S. The highest BCUT2D eigenvalue weighted by Crippen LogP contribution is 2.45. The molecule has 1 N–H and O–H groups in total. The van der Waals surface area contributed by atoms with Crippen molar-refractivity contribution in [2.75, 3.05) is 44.8 Å². The van der Waals surface area contributed by atoms with Gasteiger partial charge in [-0.1, -0.05) is 30.3 Å². The quantitative estimate of drug-likeness (QED) is 0.829. The number of carbonyl (C=O) groups excluding carboxylic acids is 1. The van der Waals surface area contributed by atoms with Crippen LogP contribution in [-0.4, -0.2) is 65.6 Å². The Balaban J connectivity index is 1.55. The van der Waals surface area contributed by atoms with E-state index in [4.69, 9.17) is 0 Å². The lowest BCUT2D eigenvalue weighted by atomic mass is 9.64. The number of thioether (sulfide) groups is 1. The van der Waals surface area contributed by atoms with E-state index in [0.29, 0.717) is 6.42 Å². The lowest BCUT2D eigenvalue weighted by Crippen LogP contribution is -2.54. The molecular weight excluding hydrogens is 344 g/mol. The standard InChI is InChI=1S/C21H32N2O2S/c1-26-14-7-20(25)23-13-10-21(19(16-23)17-24)8-11-22(12-9-21)15-18-5-3-2-4-6-18/h2-6,19,24H,7-17H2,1H3/t19-/m0/s1. The van der Waals surface area contributed by atoms with Crippen molar-refractivity contribution in [3.8, 4) is 0 Å². The molecule has 0 aliphatic carbocycles. The number of hydrogen-bond acceptors (Lipinski definition) is 4. The summed E-state index contributed by atoms with van der Waals surface area (Å²) in [5.41, 5.74) is 1.59. The van der Waals surface area contributed by atoms with Crippen LogP contribution in [0.2, 0.25) is 0 Å². The first kappa shape index (κ1) is 19.7. The molecule has 0 radical (unpaired) electrons. The zero-order chi connectivity index (χ0) is 18.4. The lowest BCUT2D eigenvalue weighted by molar-refractivity contribution is -0.137. The molecule has 2 heterocycles. The van der Waals surface area contributed by atoms with Crippen molar-refractivity contribution in [1.29, 1.82) is 0 Å². The molecule has 1 atom stereocenters. The molecule has 2 aliphatic rings. The highest BCUT2D eigenvalue weighted by atomic mass is 32.2. The van der Waals surface area contributed by atoms with Crippen molar-refractivity contribution >= 4 is 17.7 Å². The van der Waals surface area contributed by atoms with Gasteiger partial charge in [-0.25, -0.2) is 0 Å². The first-order valence-corrected chi connectivity index (χ1v) is 11.2. The number of benzene rings is 1. The Hall–Kier alpha value is -1.04. The molecule has 1 amide bonds. The molecule has 4 nitrogen and oxygen atoms in total. The molecule has 144 valence electrons. The molecule has 0 unspecified atom stereocenters. The summed E-state index contributed by atoms with van der Waals surface area (Å²) in [5, 5.41) is 10.0. The Labute approximate surface area is 161 Å². The van der Waals surface area contributed by atoms with Gasteiger partial charge in [-0.15, -0.1) is 0 Å². The van der Waals surface area contributed by atoms with Crippen LogP contribution < -0.4 is 0 Å². The molecule has 0 saturated carbocycles. The summed E-state index contributed by atoms with van der Waals surface area (Å²) in [5.74, 6) is 1.38. The van der Waals surface area contributed by atoms with Gasteiger partial charge in [-0.3, -0.25) is 9.69 Å². The van der Waals surface area contributed by atoms with E-state index in [-0.39, 0.29) is 23.8 Å². The highest BCUT2D eigenvalue weighted by Gasteiger charge is 2.45. The van der Waals surface area contributed by atoms with Crippen molar-refractivity contribution < 1.29 is 9.90 Å². The summed E-state index contributed by atoms with van der Waals surface area (Å²) in [7, 11) is 0. The smallest absolute Gasteiger partial charge is 0.223 e. The van der Waals surface area contributed by atoms with Gasteiger partial charge in [0.05, 0.1) is 0 Å². The Kier molecular flexibility index (Phi) is 7.01. The zero-order valence-corrected chi connectivity index (χ0v) is 16.7. The highest BCUT2D eigenvalue weighted by molar-refractivity contribution is 7.98. The topological polar surface area (TPSA) is 43.8 Å². The zero-order valence-electron chi connectivity index (χ0n) is 15.9. The molecule has 0 bridgehead atoms. The summed E-state index contributed by atoms with van der Waals surface area (Å²) < 4.78 is 0. The fourth-order valence-electron chi connectivity index (χ4n) is 4.59. The lowest BCUT2D eigenvalue weighted by Gasteiger charge is -2.51. The number of aliphatic hydroxyl groups is 1. The second-order valence-corrected chi connectivity index (χ2v) is 8.82. The van der Waals surface area contributed by atoms with Crippen LogP contribution in [-0.2, 0) is 11.3 Å². The van der Waals surface area contributed by atoms with Crippen LogP contribution in [0.25, 0.3) is 0 Å². The number of rotatable bonds is 6. The average molecular weight is 377 g/mol. The third-order valence-electron chi connectivity index (χ3n) is 6.38. The number of likely N-dealkylation sites (tertiary alicyclic amines) is 2. The van der Waals surface area contributed by atoms with Gasteiger partial charge < -0.3 is 10.0 Å². The second-order valence-electron chi connectivity index (χ2n) is 7.84. The molecule has 5 heteroatoms. The molecule has 1 spiro atoms. The van der Waals surface area contributed by atoms with E-state index in [1.54, 1.807) is 11.8 Å². The molecule has 1 aromatic rings. The Morgan fingerprint density at radius 1 is 1.19 bits per heavy atom. The SMILES string of the molecule is CSCCC(=O)N1CCC2(CCN(Cc3ccccc3)CC2)[C@H](CO)C1. The number of nitrogens with zero attached hydrogens (tertiary/aromatic N) is 2. The maximum Gasteiger partial charge on any atom is 0.223 e. The second kappa shape index (κ2) is 9.25. The largest absolute Gasteiger partial charge is 0.396 e. The van der Waals surface area contributed by atoms with Crippen LogP contribution in [0.15, 0.2) is 30.3 Å². The molecule has 1 aromatic carbocycles. The van der Waals surface area contributed by atoms with Crippen molar-refractivity contribution in [2.45, 2.75) is 32.2 Å². The Morgan fingerprint density at radius 3 is 2.54 bits per heavy atom. The van der Waals surface area contributed by atoms with Gasteiger partial charge in [0, 0.05) is 44.3 Å². The summed E-state index contributed by atoms with van der Waals surface area (Å²) in [4.78, 5) is 16.9. The molecule has 0 aromatic heterocycles.